The third-order valence-electron chi connectivity index (χ3n) is 4.53. The van der Waals surface area contributed by atoms with Gasteiger partial charge in [-0.25, -0.2) is 4.79 Å². The maximum atomic E-state index is 12.6. The molecular weight excluding hydrogens is 415 g/mol. The highest BCUT2D eigenvalue weighted by molar-refractivity contribution is 6.36. The smallest absolute Gasteiger partial charge is 0.340 e. The summed E-state index contributed by atoms with van der Waals surface area (Å²) in [6.45, 7) is 5.72. The number of carbonyl (C=O) groups excluding carboxylic acids is 2. The van der Waals surface area contributed by atoms with Crippen molar-refractivity contribution >= 4 is 40.8 Å². The van der Waals surface area contributed by atoms with Crippen molar-refractivity contribution in [1.82, 2.24) is 4.57 Å². The van der Waals surface area contributed by atoms with Gasteiger partial charge in [0.05, 0.1) is 29.1 Å². The van der Waals surface area contributed by atoms with Crippen LogP contribution in [0, 0.1) is 13.8 Å². The van der Waals surface area contributed by atoms with Crippen LogP contribution in [-0.4, -0.2) is 22.5 Å². The van der Waals surface area contributed by atoms with Gasteiger partial charge in [-0.3, -0.25) is 4.79 Å². The Balaban J connectivity index is 1.68. The normalized spacial score (nSPS) is 11.9. The minimum atomic E-state index is -1.01. The van der Waals surface area contributed by atoms with Crippen molar-refractivity contribution in [2.75, 3.05) is 5.32 Å². The average molecular weight is 435 g/mol. The summed E-state index contributed by atoms with van der Waals surface area (Å²) in [5.74, 6) is -0.292. The lowest BCUT2D eigenvalue weighted by Crippen LogP contribution is -2.30. The fourth-order valence-corrected chi connectivity index (χ4v) is 3.37. The lowest BCUT2D eigenvalue weighted by molar-refractivity contribution is -0.123. The predicted molar refractivity (Wildman–Crippen MR) is 112 cm³/mol. The van der Waals surface area contributed by atoms with Crippen molar-refractivity contribution in [3.8, 4) is 0 Å². The first kappa shape index (κ1) is 21.0. The molecular formula is C21H20Cl2N2O4. The van der Waals surface area contributed by atoms with Crippen molar-refractivity contribution < 1.29 is 18.7 Å². The lowest BCUT2D eigenvalue weighted by Gasteiger charge is -2.14. The summed E-state index contributed by atoms with van der Waals surface area (Å²) in [5, 5.41) is 3.38. The minimum absolute atomic E-state index is 0.297. The molecule has 0 bridgehead atoms. The van der Waals surface area contributed by atoms with Crippen LogP contribution < -0.4 is 5.32 Å². The van der Waals surface area contributed by atoms with E-state index < -0.39 is 18.0 Å². The second-order valence-corrected chi connectivity index (χ2v) is 7.45. The van der Waals surface area contributed by atoms with Gasteiger partial charge in [0.1, 0.15) is 5.76 Å². The number of hydrogen-bond acceptors (Lipinski definition) is 4. The lowest BCUT2D eigenvalue weighted by atomic mass is 10.2. The number of nitrogens with one attached hydrogen (secondary N) is 1. The summed E-state index contributed by atoms with van der Waals surface area (Å²) < 4.78 is 12.7. The first-order valence-electron chi connectivity index (χ1n) is 8.92. The number of anilines is 1. The highest BCUT2D eigenvalue weighted by atomic mass is 35.5. The highest BCUT2D eigenvalue weighted by Gasteiger charge is 2.23. The molecule has 2 aromatic heterocycles. The quantitative estimate of drug-likeness (QED) is 0.538. The number of nitrogens with zero attached hydrogens (tertiary/aromatic N) is 1. The number of aryl methyl sites for hydroxylation is 1. The number of furan rings is 1. The molecule has 0 aliphatic heterocycles. The third kappa shape index (κ3) is 4.83. The second kappa shape index (κ2) is 8.76. The Morgan fingerprint density at radius 2 is 1.97 bits per heavy atom. The summed E-state index contributed by atoms with van der Waals surface area (Å²) in [4.78, 5) is 25.0. The minimum Gasteiger partial charge on any atom is -0.467 e. The van der Waals surface area contributed by atoms with Gasteiger partial charge in [-0.2, -0.15) is 0 Å². The van der Waals surface area contributed by atoms with Crippen molar-refractivity contribution in [3.05, 3.63) is 75.4 Å². The average Bonchev–Trinajstić information content (AvgIpc) is 3.27. The van der Waals surface area contributed by atoms with E-state index in [0.29, 0.717) is 27.8 Å². The predicted octanol–water partition coefficient (Wildman–Crippen LogP) is 5.24. The van der Waals surface area contributed by atoms with Crippen molar-refractivity contribution in [2.24, 2.45) is 0 Å². The van der Waals surface area contributed by atoms with E-state index in [0.717, 1.165) is 17.1 Å². The number of aromatic nitrogens is 1. The van der Waals surface area contributed by atoms with Gasteiger partial charge in [0, 0.05) is 16.4 Å². The van der Waals surface area contributed by atoms with E-state index in [1.807, 2.05) is 30.5 Å². The fraction of sp³-hybridized carbons (Fsp3) is 0.238. The molecule has 0 saturated carbocycles. The van der Waals surface area contributed by atoms with E-state index >= 15 is 0 Å². The van der Waals surface area contributed by atoms with Gasteiger partial charge < -0.3 is 19.0 Å². The first-order chi connectivity index (χ1) is 13.8. The molecule has 1 unspecified atom stereocenters. The number of hydrogen-bond donors (Lipinski definition) is 1. The van der Waals surface area contributed by atoms with Gasteiger partial charge in [-0.05, 0) is 57.2 Å². The largest absolute Gasteiger partial charge is 0.467 e. The summed E-state index contributed by atoms with van der Waals surface area (Å²) in [7, 11) is 0. The zero-order valence-electron chi connectivity index (χ0n) is 16.2. The number of carbonyl (C=O) groups is 2. The second-order valence-electron chi connectivity index (χ2n) is 6.61. The zero-order chi connectivity index (χ0) is 21.1. The van der Waals surface area contributed by atoms with Gasteiger partial charge in [0.2, 0.25) is 0 Å². The van der Waals surface area contributed by atoms with E-state index in [2.05, 4.69) is 5.32 Å². The van der Waals surface area contributed by atoms with Gasteiger partial charge in [-0.15, -0.1) is 0 Å². The number of benzene rings is 1. The van der Waals surface area contributed by atoms with Crippen LogP contribution in [-0.2, 0) is 16.1 Å². The molecule has 152 valence electrons. The maximum Gasteiger partial charge on any atom is 0.340 e. The molecule has 1 aromatic carbocycles. The number of ether oxygens (including phenoxy) is 1. The SMILES string of the molecule is Cc1cc(C(=O)OC(C)C(=O)Nc2ccc(Cl)cc2Cl)c(C)n1Cc1ccco1. The van der Waals surface area contributed by atoms with Crippen LogP contribution in [0.15, 0.2) is 47.1 Å². The number of esters is 1. The fourth-order valence-electron chi connectivity index (χ4n) is 2.91. The van der Waals surface area contributed by atoms with Crippen LogP contribution in [0.5, 0.6) is 0 Å². The standard InChI is InChI=1S/C21H20Cl2N2O4/c1-12-9-17(13(2)25(12)11-16-5-4-8-28-16)21(27)29-14(3)20(26)24-19-7-6-15(22)10-18(19)23/h4-10,14H,11H2,1-3H3,(H,24,26). The molecule has 2 heterocycles. The number of rotatable bonds is 6. The Hall–Kier alpha value is -2.70. The van der Waals surface area contributed by atoms with Crippen molar-refractivity contribution in [1.29, 1.82) is 0 Å². The van der Waals surface area contributed by atoms with Crippen molar-refractivity contribution in [3.63, 3.8) is 0 Å². The molecule has 0 spiro atoms. The van der Waals surface area contributed by atoms with Crippen LogP contribution in [0.3, 0.4) is 0 Å². The Morgan fingerprint density at radius 3 is 2.62 bits per heavy atom. The molecule has 0 fully saturated rings. The molecule has 0 aliphatic rings. The first-order valence-corrected chi connectivity index (χ1v) is 9.68. The third-order valence-corrected chi connectivity index (χ3v) is 5.08. The van der Waals surface area contributed by atoms with Gasteiger partial charge in [0.15, 0.2) is 6.10 Å². The molecule has 8 heteroatoms. The Labute approximate surface area is 178 Å². The van der Waals surface area contributed by atoms with Crippen LogP contribution in [0.25, 0.3) is 0 Å². The monoisotopic (exact) mass is 434 g/mol. The molecule has 1 atom stereocenters. The van der Waals surface area contributed by atoms with Crippen LogP contribution in [0.1, 0.15) is 34.4 Å². The summed E-state index contributed by atoms with van der Waals surface area (Å²) in [6, 6.07) is 10.1. The highest BCUT2D eigenvalue weighted by Crippen LogP contribution is 2.26. The van der Waals surface area contributed by atoms with Crippen LogP contribution >= 0.6 is 23.2 Å². The number of amides is 1. The molecule has 3 rings (SSSR count). The van der Waals surface area contributed by atoms with Gasteiger partial charge in [-0.1, -0.05) is 23.2 Å². The van der Waals surface area contributed by atoms with E-state index in [1.165, 1.54) is 13.0 Å². The molecule has 29 heavy (non-hydrogen) atoms. The molecule has 6 nitrogen and oxygen atoms in total. The van der Waals surface area contributed by atoms with Crippen molar-refractivity contribution in [2.45, 2.75) is 33.4 Å². The van der Waals surface area contributed by atoms with Gasteiger partial charge >= 0.3 is 5.97 Å². The molecule has 0 saturated heterocycles. The molecule has 1 amide bonds. The Bertz CT molecular complexity index is 1040. The zero-order valence-corrected chi connectivity index (χ0v) is 17.7. The summed E-state index contributed by atoms with van der Waals surface area (Å²) >= 11 is 11.9. The molecule has 0 radical (unpaired) electrons. The molecule has 3 aromatic rings. The van der Waals surface area contributed by atoms with E-state index in [4.69, 9.17) is 32.4 Å². The summed E-state index contributed by atoms with van der Waals surface area (Å²) in [5.41, 5.74) is 2.41. The number of halogens is 2. The molecule has 0 aliphatic carbocycles. The Kier molecular flexibility index (Phi) is 6.35. The summed E-state index contributed by atoms with van der Waals surface area (Å²) in [6.07, 6.45) is 0.591. The maximum absolute atomic E-state index is 12.6. The van der Waals surface area contributed by atoms with Crippen LogP contribution in [0.2, 0.25) is 10.0 Å². The van der Waals surface area contributed by atoms with E-state index in [9.17, 15) is 9.59 Å². The van der Waals surface area contributed by atoms with E-state index in [-0.39, 0.29) is 0 Å². The van der Waals surface area contributed by atoms with Crippen LogP contribution in [0.4, 0.5) is 5.69 Å². The topological polar surface area (TPSA) is 73.5 Å². The Morgan fingerprint density at radius 1 is 1.21 bits per heavy atom. The molecule has 1 N–H and O–H groups in total. The van der Waals surface area contributed by atoms with Gasteiger partial charge in [0.25, 0.3) is 5.91 Å². The van der Waals surface area contributed by atoms with E-state index in [1.54, 1.807) is 24.5 Å².